The Morgan fingerprint density at radius 2 is 1.71 bits per heavy atom. The van der Waals surface area contributed by atoms with Gasteiger partial charge in [-0.1, -0.05) is 48.5 Å². The van der Waals surface area contributed by atoms with E-state index in [1.54, 1.807) is 6.92 Å². The van der Waals surface area contributed by atoms with Gasteiger partial charge in [0.15, 0.2) is 0 Å². The van der Waals surface area contributed by atoms with E-state index < -0.39 is 0 Å². The summed E-state index contributed by atoms with van der Waals surface area (Å²) in [5.74, 6) is -0.373. The summed E-state index contributed by atoms with van der Waals surface area (Å²) in [5, 5.41) is 9.19. The number of carbonyl (C=O) groups is 1. The van der Waals surface area contributed by atoms with Gasteiger partial charge >= 0.3 is 5.97 Å². The molecule has 3 aromatic rings. The predicted molar refractivity (Wildman–Crippen MR) is 80.9 cm³/mol. The molecule has 0 bridgehead atoms. The fraction of sp³-hybridized carbons (Fsp3) is 0.118. The summed E-state index contributed by atoms with van der Waals surface area (Å²) in [6.07, 6.45) is 0. The van der Waals surface area contributed by atoms with E-state index >= 15 is 0 Å². The summed E-state index contributed by atoms with van der Waals surface area (Å²) < 4.78 is 5.19. The largest absolute Gasteiger partial charge is 0.462 e. The molecular formula is C17H14N2O2. The molecule has 104 valence electrons. The van der Waals surface area contributed by atoms with Crippen molar-refractivity contribution >= 4 is 16.9 Å². The maximum Gasteiger partial charge on any atom is 0.341 e. The van der Waals surface area contributed by atoms with Gasteiger partial charge in [0, 0.05) is 10.9 Å². The average Bonchev–Trinajstić information content (AvgIpc) is 2.54. The van der Waals surface area contributed by atoms with E-state index in [1.165, 1.54) is 0 Å². The highest BCUT2D eigenvalue weighted by Gasteiger charge is 2.19. The number of carbonyl (C=O) groups excluding carboxylic acids is 1. The van der Waals surface area contributed by atoms with Crippen molar-refractivity contribution in [2.24, 2.45) is 0 Å². The van der Waals surface area contributed by atoms with Gasteiger partial charge in [0.05, 0.1) is 17.7 Å². The molecule has 0 saturated carbocycles. The van der Waals surface area contributed by atoms with Gasteiger partial charge < -0.3 is 4.74 Å². The van der Waals surface area contributed by atoms with Crippen molar-refractivity contribution in [3.8, 4) is 11.3 Å². The van der Waals surface area contributed by atoms with Gasteiger partial charge in [-0.2, -0.15) is 0 Å². The van der Waals surface area contributed by atoms with Crippen LogP contribution in [-0.2, 0) is 4.74 Å². The van der Waals surface area contributed by atoms with Gasteiger partial charge in [0.1, 0.15) is 5.69 Å². The molecule has 0 N–H and O–H groups in total. The van der Waals surface area contributed by atoms with Crippen molar-refractivity contribution in [2.75, 3.05) is 6.61 Å². The zero-order chi connectivity index (χ0) is 14.7. The van der Waals surface area contributed by atoms with E-state index in [9.17, 15) is 4.79 Å². The number of benzene rings is 2. The number of hydrogen-bond acceptors (Lipinski definition) is 4. The predicted octanol–water partition coefficient (Wildman–Crippen LogP) is 3.47. The Balaban J connectivity index is 2.29. The summed E-state index contributed by atoms with van der Waals surface area (Å²) in [6, 6.07) is 17.0. The van der Waals surface area contributed by atoms with Crippen LogP contribution >= 0.6 is 0 Å². The Bertz CT molecular complexity index is 785. The summed E-state index contributed by atoms with van der Waals surface area (Å²) in [4.78, 5) is 12.4. The van der Waals surface area contributed by atoms with Gasteiger partial charge in [-0.25, -0.2) is 4.79 Å². The number of rotatable bonds is 3. The summed E-state index contributed by atoms with van der Waals surface area (Å²) >= 11 is 0. The lowest BCUT2D eigenvalue weighted by Gasteiger charge is -2.10. The Labute approximate surface area is 122 Å². The molecule has 0 fully saturated rings. The zero-order valence-electron chi connectivity index (χ0n) is 11.6. The van der Waals surface area contributed by atoms with Crippen LogP contribution in [0.2, 0.25) is 0 Å². The molecule has 0 aliphatic carbocycles. The third-order valence-electron chi connectivity index (χ3n) is 3.19. The molecule has 0 aliphatic heterocycles. The first kappa shape index (κ1) is 13.2. The normalized spacial score (nSPS) is 10.5. The summed E-state index contributed by atoms with van der Waals surface area (Å²) in [5.41, 5.74) is 2.54. The second-order valence-electron chi connectivity index (χ2n) is 4.53. The Kier molecular flexibility index (Phi) is 3.60. The minimum atomic E-state index is -0.373. The number of esters is 1. The summed E-state index contributed by atoms with van der Waals surface area (Å²) in [7, 11) is 0. The Hall–Kier alpha value is -2.75. The number of fused-ring (bicyclic) bond motifs is 1. The second-order valence-corrected chi connectivity index (χ2v) is 4.53. The Morgan fingerprint density at radius 3 is 2.48 bits per heavy atom. The van der Waals surface area contributed by atoms with Crippen molar-refractivity contribution < 1.29 is 9.53 Å². The first-order valence-electron chi connectivity index (χ1n) is 6.79. The van der Waals surface area contributed by atoms with E-state index in [0.29, 0.717) is 23.4 Å². The SMILES string of the molecule is CCOC(=O)c1c(-c2ccccc2)nnc2ccccc12. The topological polar surface area (TPSA) is 52.1 Å². The first-order valence-corrected chi connectivity index (χ1v) is 6.79. The van der Waals surface area contributed by atoms with Gasteiger partial charge in [0.2, 0.25) is 0 Å². The highest BCUT2D eigenvalue weighted by atomic mass is 16.5. The molecule has 21 heavy (non-hydrogen) atoms. The zero-order valence-corrected chi connectivity index (χ0v) is 11.6. The number of hydrogen-bond donors (Lipinski definition) is 0. The molecule has 1 aromatic heterocycles. The molecule has 0 atom stereocenters. The third-order valence-corrected chi connectivity index (χ3v) is 3.19. The molecule has 3 rings (SSSR count). The molecule has 0 unspecified atom stereocenters. The van der Waals surface area contributed by atoms with Gasteiger partial charge in [0.25, 0.3) is 0 Å². The minimum Gasteiger partial charge on any atom is -0.462 e. The summed E-state index contributed by atoms with van der Waals surface area (Å²) in [6.45, 7) is 2.11. The average molecular weight is 278 g/mol. The van der Waals surface area contributed by atoms with Crippen LogP contribution in [0.3, 0.4) is 0 Å². The van der Waals surface area contributed by atoms with Crippen molar-refractivity contribution in [1.29, 1.82) is 0 Å². The van der Waals surface area contributed by atoms with Crippen molar-refractivity contribution in [3.63, 3.8) is 0 Å². The van der Waals surface area contributed by atoms with Gasteiger partial charge in [-0.05, 0) is 13.0 Å². The number of ether oxygens (including phenoxy) is 1. The standard InChI is InChI=1S/C17H14N2O2/c1-2-21-17(20)15-13-10-6-7-11-14(13)18-19-16(15)12-8-4-3-5-9-12/h3-11H,2H2,1H3. The van der Waals surface area contributed by atoms with Crippen LogP contribution in [0, 0.1) is 0 Å². The van der Waals surface area contributed by atoms with Crippen LogP contribution in [0.25, 0.3) is 22.2 Å². The highest BCUT2D eigenvalue weighted by molar-refractivity contribution is 6.08. The van der Waals surface area contributed by atoms with Gasteiger partial charge in [-0.15, -0.1) is 10.2 Å². The molecule has 0 spiro atoms. The molecular weight excluding hydrogens is 264 g/mol. The number of aromatic nitrogens is 2. The molecule has 0 radical (unpaired) electrons. The fourth-order valence-electron chi connectivity index (χ4n) is 2.26. The molecule has 0 amide bonds. The van der Waals surface area contributed by atoms with Crippen LogP contribution < -0.4 is 0 Å². The van der Waals surface area contributed by atoms with Crippen LogP contribution in [0.1, 0.15) is 17.3 Å². The monoisotopic (exact) mass is 278 g/mol. The van der Waals surface area contributed by atoms with E-state index in [4.69, 9.17) is 4.74 Å². The molecule has 0 saturated heterocycles. The number of nitrogens with zero attached hydrogens (tertiary/aromatic N) is 2. The van der Waals surface area contributed by atoms with E-state index in [0.717, 1.165) is 10.9 Å². The molecule has 2 aromatic carbocycles. The molecule has 0 aliphatic rings. The van der Waals surface area contributed by atoms with Crippen molar-refractivity contribution in [3.05, 3.63) is 60.2 Å². The van der Waals surface area contributed by atoms with E-state index in [-0.39, 0.29) is 5.97 Å². The quantitative estimate of drug-likeness (QED) is 0.688. The lowest BCUT2D eigenvalue weighted by Crippen LogP contribution is -2.09. The maximum atomic E-state index is 12.4. The fourth-order valence-corrected chi connectivity index (χ4v) is 2.26. The minimum absolute atomic E-state index is 0.323. The third kappa shape index (κ3) is 2.48. The maximum absolute atomic E-state index is 12.4. The van der Waals surface area contributed by atoms with Crippen molar-refractivity contribution in [1.82, 2.24) is 10.2 Å². The van der Waals surface area contributed by atoms with Crippen LogP contribution in [-0.4, -0.2) is 22.8 Å². The first-order chi connectivity index (χ1) is 10.3. The van der Waals surface area contributed by atoms with Crippen LogP contribution in [0.15, 0.2) is 54.6 Å². The second kappa shape index (κ2) is 5.71. The van der Waals surface area contributed by atoms with Gasteiger partial charge in [-0.3, -0.25) is 0 Å². The lowest BCUT2D eigenvalue weighted by atomic mass is 10.0. The van der Waals surface area contributed by atoms with Crippen molar-refractivity contribution in [2.45, 2.75) is 6.92 Å². The Morgan fingerprint density at radius 1 is 1.00 bits per heavy atom. The molecule has 4 nitrogen and oxygen atoms in total. The van der Waals surface area contributed by atoms with Crippen LogP contribution in [0.5, 0.6) is 0 Å². The molecule has 4 heteroatoms. The van der Waals surface area contributed by atoms with Crippen LogP contribution in [0.4, 0.5) is 0 Å². The highest BCUT2D eigenvalue weighted by Crippen LogP contribution is 2.27. The lowest BCUT2D eigenvalue weighted by molar-refractivity contribution is 0.0529. The molecule has 1 heterocycles. The smallest absolute Gasteiger partial charge is 0.341 e. The van der Waals surface area contributed by atoms with E-state index in [1.807, 2.05) is 54.6 Å². The van der Waals surface area contributed by atoms with E-state index in [2.05, 4.69) is 10.2 Å².